The lowest BCUT2D eigenvalue weighted by Crippen LogP contribution is -2.22. The summed E-state index contributed by atoms with van der Waals surface area (Å²) < 4.78 is 30.0. The van der Waals surface area contributed by atoms with Crippen LogP contribution in [0.5, 0.6) is 0 Å². The van der Waals surface area contributed by atoms with Crippen LogP contribution in [0, 0.1) is 0 Å². The van der Waals surface area contributed by atoms with Crippen molar-refractivity contribution >= 4 is 20.9 Å². The number of hydrogen-bond acceptors (Lipinski definition) is 3. The lowest BCUT2D eigenvalue weighted by Gasteiger charge is -2.16. The molecule has 0 spiro atoms. The fourth-order valence-electron chi connectivity index (χ4n) is 2.31. The summed E-state index contributed by atoms with van der Waals surface area (Å²) >= 11 is 0. The van der Waals surface area contributed by atoms with E-state index >= 15 is 0 Å². The molecule has 108 valence electrons. The highest BCUT2D eigenvalue weighted by atomic mass is 32.2. The Morgan fingerprint density at radius 3 is 2.60 bits per heavy atom. The number of benzene rings is 2. The highest BCUT2D eigenvalue weighted by Gasteiger charge is 2.09. The first-order valence-corrected chi connectivity index (χ1v) is 8.24. The summed E-state index contributed by atoms with van der Waals surface area (Å²) in [6.45, 7) is 2.60. The molecular formula is C15H19NO3S. The van der Waals surface area contributed by atoms with Gasteiger partial charge in [-0.05, 0) is 36.2 Å². The summed E-state index contributed by atoms with van der Waals surface area (Å²) in [5, 5.41) is 5.68. The van der Waals surface area contributed by atoms with E-state index < -0.39 is 10.1 Å². The quantitative estimate of drug-likeness (QED) is 0.635. The van der Waals surface area contributed by atoms with E-state index in [1.165, 1.54) is 16.3 Å². The molecule has 0 aromatic heterocycles. The highest BCUT2D eigenvalue weighted by Crippen LogP contribution is 2.23. The molecule has 0 amide bonds. The molecule has 4 nitrogen and oxygen atoms in total. The minimum absolute atomic E-state index is 0.127. The molecule has 0 heterocycles. The third kappa shape index (κ3) is 4.03. The van der Waals surface area contributed by atoms with Crippen LogP contribution < -0.4 is 5.32 Å². The van der Waals surface area contributed by atoms with Crippen molar-refractivity contribution < 1.29 is 13.0 Å². The Hall–Kier alpha value is -1.43. The van der Waals surface area contributed by atoms with Crippen molar-refractivity contribution in [2.75, 3.05) is 12.3 Å². The van der Waals surface area contributed by atoms with E-state index in [0.717, 1.165) is 0 Å². The third-order valence-corrected chi connectivity index (χ3v) is 4.12. The summed E-state index contributed by atoms with van der Waals surface area (Å²) in [6.07, 6.45) is 0.397. The van der Waals surface area contributed by atoms with Gasteiger partial charge >= 0.3 is 0 Å². The molecule has 2 aromatic rings. The van der Waals surface area contributed by atoms with Crippen molar-refractivity contribution in [1.29, 1.82) is 0 Å². The van der Waals surface area contributed by atoms with Gasteiger partial charge in [0.2, 0.25) is 0 Å². The van der Waals surface area contributed by atoms with Crippen molar-refractivity contribution in [2.24, 2.45) is 0 Å². The molecule has 0 bridgehead atoms. The molecule has 0 unspecified atom stereocenters. The molecule has 2 aromatic carbocycles. The minimum Gasteiger partial charge on any atom is -0.310 e. The monoisotopic (exact) mass is 293 g/mol. The Kier molecular flexibility index (Phi) is 4.75. The Labute approximate surface area is 119 Å². The molecule has 0 aliphatic rings. The zero-order valence-corrected chi connectivity index (χ0v) is 12.2. The molecular weight excluding hydrogens is 274 g/mol. The Morgan fingerprint density at radius 2 is 1.85 bits per heavy atom. The van der Waals surface area contributed by atoms with E-state index in [-0.39, 0.29) is 11.8 Å². The van der Waals surface area contributed by atoms with E-state index in [2.05, 4.69) is 36.5 Å². The van der Waals surface area contributed by atoms with Crippen LogP contribution in [0.25, 0.3) is 10.8 Å². The number of hydrogen-bond donors (Lipinski definition) is 2. The summed E-state index contributed by atoms with van der Waals surface area (Å²) in [4.78, 5) is 0. The van der Waals surface area contributed by atoms with Crippen LogP contribution in [0.3, 0.4) is 0 Å². The first kappa shape index (κ1) is 15.0. The van der Waals surface area contributed by atoms with Crippen molar-refractivity contribution in [3.63, 3.8) is 0 Å². The molecule has 1 atom stereocenters. The molecule has 0 fully saturated rings. The SMILES string of the molecule is C[C@H](NCCCS(=O)(=O)O)c1cccc2ccccc12. The van der Waals surface area contributed by atoms with Crippen molar-refractivity contribution in [3.8, 4) is 0 Å². The summed E-state index contributed by atoms with van der Waals surface area (Å²) in [5.74, 6) is -0.206. The molecule has 2 N–H and O–H groups in total. The van der Waals surface area contributed by atoms with Crippen molar-refractivity contribution in [2.45, 2.75) is 19.4 Å². The maximum Gasteiger partial charge on any atom is 0.264 e. The van der Waals surface area contributed by atoms with Gasteiger partial charge in [-0.25, -0.2) is 0 Å². The zero-order valence-electron chi connectivity index (χ0n) is 11.4. The van der Waals surface area contributed by atoms with Gasteiger partial charge in [0.05, 0.1) is 5.75 Å². The Morgan fingerprint density at radius 1 is 1.15 bits per heavy atom. The second kappa shape index (κ2) is 6.35. The van der Waals surface area contributed by atoms with Gasteiger partial charge in [-0.1, -0.05) is 42.5 Å². The van der Waals surface area contributed by atoms with Gasteiger partial charge in [-0.3, -0.25) is 4.55 Å². The first-order chi connectivity index (χ1) is 9.47. The summed E-state index contributed by atoms with van der Waals surface area (Å²) in [6, 6.07) is 14.5. The number of rotatable bonds is 6. The van der Waals surface area contributed by atoms with Crippen LogP contribution in [-0.2, 0) is 10.1 Å². The van der Waals surface area contributed by atoms with Crippen molar-refractivity contribution in [1.82, 2.24) is 5.32 Å². The Balaban J connectivity index is 2.03. The predicted octanol–water partition coefficient (Wildman–Crippen LogP) is 2.77. The van der Waals surface area contributed by atoms with Gasteiger partial charge in [0.15, 0.2) is 0 Å². The molecule has 0 aliphatic heterocycles. The number of fused-ring (bicyclic) bond motifs is 1. The predicted molar refractivity (Wildman–Crippen MR) is 81.4 cm³/mol. The molecule has 5 heteroatoms. The fraction of sp³-hybridized carbons (Fsp3) is 0.333. The smallest absolute Gasteiger partial charge is 0.264 e. The van der Waals surface area contributed by atoms with E-state index in [1.807, 2.05) is 18.2 Å². The van der Waals surface area contributed by atoms with Crippen LogP contribution in [-0.4, -0.2) is 25.3 Å². The lowest BCUT2D eigenvalue weighted by molar-refractivity contribution is 0.477. The van der Waals surface area contributed by atoms with E-state index in [9.17, 15) is 8.42 Å². The van der Waals surface area contributed by atoms with Gasteiger partial charge < -0.3 is 5.32 Å². The van der Waals surface area contributed by atoms with Crippen LogP contribution >= 0.6 is 0 Å². The molecule has 2 rings (SSSR count). The highest BCUT2D eigenvalue weighted by molar-refractivity contribution is 7.85. The van der Waals surface area contributed by atoms with Crippen LogP contribution in [0.15, 0.2) is 42.5 Å². The lowest BCUT2D eigenvalue weighted by atomic mass is 10.00. The maximum absolute atomic E-state index is 10.6. The van der Waals surface area contributed by atoms with Crippen LogP contribution in [0.4, 0.5) is 0 Å². The summed E-state index contributed by atoms with van der Waals surface area (Å²) in [7, 11) is -3.86. The van der Waals surface area contributed by atoms with Crippen LogP contribution in [0.1, 0.15) is 24.9 Å². The van der Waals surface area contributed by atoms with Gasteiger partial charge in [0.25, 0.3) is 10.1 Å². The molecule has 0 saturated heterocycles. The largest absolute Gasteiger partial charge is 0.310 e. The van der Waals surface area contributed by atoms with E-state index in [0.29, 0.717) is 13.0 Å². The maximum atomic E-state index is 10.6. The van der Waals surface area contributed by atoms with Gasteiger partial charge in [0.1, 0.15) is 0 Å². The van der Waals surface area contributed by atoms with Gasteiger partial charge in [-0.2, -0.15) is 8.42 Å². The van der Waals surface area contributed by atoms with Gasteiger partial charge in [-0.15, -0.1) is 0 Å². The second-order valence-electron chi connectivity index (χ2n) is 4.88. The Bertz CT molecular complexity index is 677. The van der Waals surface area contributed by atoms with Crippen LogP contribution in [0.2, 0.25) is 0 Å². The normalized spacial score (nSPS) is 13.5. The third-order valence-electron chi connectivity index (χ3n) is 3.32. The summed E-state index contributed by atoms with van der Waals surface area (Å²) in [5.41, 5.74) is 1.19. The minimum atomic E-state index is -3.86. The molecule has 20 heavy (non-hydrogen) atoms. The van der Waals surface area contributed by atoms with Crippen molar-refractivity contribution in [3.05, 3.63) is 48.0 Å². The van der Waals surface area contributed by atoms with E-state index in [4.69, 9.17) is 4.55 Å². The van der Waals surface area contributed by atoms with Gasteiger partial charge in [0, 0.05) is 6.04 Å². The average molecular weight is 293 g/mol. The standard InChI is InChI=1S/C15H19NO3S/c1-12(16-10-5-11-20(17,18)19)14-9-4-7-13-6-2-3-8-15(13)14/h2-4,6-9,12,16H,5,10-11H2,1H3,(H,17,18,19)/t12-/m0/s1. The second-order valence-corrected chi connectivity index (χ2v) is 6.46. The fourth-order valence-corrected chi connectivity index (χ4v) is 2.82. The molecule has 0 saturated carbocycles. The molecule has 0 radical (unpaired) electrons. The molecule has 0 aliphatic carbocycles. The number of nitrogens with one attached hydrogen (secondary N) is 1. The average Bonchev–Trinajstić information content (AvgIpc) is 2.41. The first-order valence-electron chi connectivity index (χ1n) is 6.63. The topological polar surface area (TPSA) is 66.4 Å². The van der Waals surface area contributed by atoms with E-state index in [1.54, 1.807) is 0 Å². The zero-order chi connectivity index (χ0) is 14.6.